The Balaban J connectivity index is 2.32. The van der Waals surface area contributed by atoms with Gasteiger partial charge in [-0.05, 0) is 23.8 Å². The van der Waals surface area contributed by atoms with Crippen LogP contribution >= 0.6 is 15.9 Å². The highest BCUT2D eigenvalue weighted by atomic mass is 79.9. The number of halogens is 1. The van der Waals surface area contributed by atoms with Crippen LogP contribution in [0.15, 0.2) is 48.5 Å². The Morgan fingerprint density at radius 1 is 0.882 bits per heavy atom. The second-order valence-electron chi connectivity index (χ2n) is 4.13. The minimum Gasteiger partial charge on any atom is -0.344 e. The highest BCUT2D eigenvalue weighted by molar-refractivity contribution is 9.15. The minimum atomic E-state index is 1.13. The SMILES string of the molecule is CN1c2ccccc2C=C(Br)c2ccccc21. The summed E-state index contributed by atoms with van der Waals surface area (Å²) >= 11 is 3.67. The summed E-state index contributed by atoms with van der Waals surface area (Å²) in [5.74, 6) is 0. The van der Waals surface area contributed by atoms with Gasteiger partial charge in [-0.25, -0.2) is 0 Å². The number of fused-ring (bicyclic) bond motifs is 2. The molecule has 0 radical (unpaired) electrons. The summed E-state index contributed by atoms with van der Waals surface area (Å²) < 4.78 is 1.13. The maximum absolute atomic E-state index is 3.67. The van der Waals surface area contributed by atoms with Crippen molar-refractivity contribution >= 4 is 37.9 Å². The minimum absolute atomic E-state index is 1.13. The van der Waals surface area contributed by atoms with Crippen LogP contribution in [0.2, 0.25) is 0 Å². The van der Waals surface area contributed by atoms with Crippen LogP contribution in [0.5, 0.6) is 0 Å². The number of anilines is 2. The first-order valence-corrected chi connectivity index (χ1v) is 6.36. The Morgan fingerprint density at radius 3 is 2.35 bits per heavy atom. The van der Waals surface area contributed by atoms with E-state index in [4.69, 9.17) is 0 Å². The third-order valence-corrected chi connectivity index (χ3v) is 3.76. The zero-order valence-corrected chi connectivity index (χ0v) is 11.1. The third kappa shape index (κ3) is 1.69. The van der Waals surface area contributed by atoms with E-state index in [1.807, 2.05) is 0 Å². The molecule has 0 saturated heterocycles. The van der Waals surface area contributed by atoms with Gasteiger partial charge in [-0.15, -0.1) is 0 Å². The second kappa shape index (κ2) is 4.04. The quantitative estimate of drug-likeness (QED) is 0.680. The zero-order chi connectivity index (χ0) is 11.8. The molecule has 0 unspecified atom stereocenters. The van der Waals surface area contributed by atoms with Gasteiger partial charge in [-0.1, -0.05) is 52.3 Å². The molecule has 1 nitrogen and oxygen atoms in total. The first kappa shape index (κ1) is 10.6. The Labute approximate surface area is 110 Å². The van der Waals surface area contributed by atoms with Gasteiger partial charge < -0.3 is 4.90 Å². The molecule has 3 rings (SSSR count). The lowest BCUT2D eigenvalue weighted by molar-refractivity contribution is 1.20. The van der Waals surface area contributed by atoms with Gasteiger partial charge in [0.15, 0.2) is 0 Å². The fourth-order valence-electron chi connectivity index (χ4n) is 2.23. The third-order valence-electron chi connectivity index (χ3n) is 3.10. The smallest absolute Gasteiger partial charge is 0.0493 e. The molecule has 0 amide bonds. The number of rotatable bonds is 0. The van der Waals surface area contributed by atoms with E-state index in [-0.39, 0.29) is 0 Å². The van der Waals surface area contributed by atoms with Crippen molar-refractivity contribution < 1.29 is 0 Å². The van der Waals surface area contributed by atoms with E-state index in [2.05, 4.69) is 82.5 Å². The van der Waals surface area contributed by atoms with Crippen LogP contribution in [0.1, 0.15) is 11.1 Å². The van der Waals surface area contributed by atoms with E-state index in [1.54, 1.807) is 0 Å². The Kier molecular flexibility index (Phi) is 2.52. The van der Waals surface area contributed by atoms with Gasteiger partial charge in [0.25, 0.3) is 0 Å². The second-order valence-corrected chi connectivity index (χ2v) is 4.98. The van der Waals surface area contributed by atoms with Crippen LogP contribution in [0.3, 0.4) is 0 Å². The average Bonchev–Trinajstić information content (AvgIpc) is 2.48. The highest BCUT2D eigenvalue weighted by Gasteiger charge is 2.16. The maximum Gasteiger partial charge on any atom is 0.0493 e. The molecule has 0 N–H and O–H groups in total. The number of hydrogen-bond donors (Lipinski definition) is 0. The lowest BCUT2D eigenvalue weighted by Crippen LogP contribution is -2.10. The lowest BCUT2D eigenvalue weighted by atomic mass is 10.1. The van der Waals surface area contributed by atoms with Gasteiger partial charge in [-0.2, -0.15) is 0 Å². The van der Waals surface area contributed by atoms with Crippen molar-refractivity contribution in [2.24, 2.45) is 0 Å². The van der Waals surface area contributed by atoms with E-state index in [0.29, 0.717) is 0 Å². The van der Waals surface area contributed by atoms with E-state index < -0.39 is 0 Å². The van der Waals surface area contributed by atoms with E-state index in [1.165, 1.54) is 22.5 Å². The molecular weight excluding hydrogens is 274 g/mol. The summed E-state index contributed by atoms with van der Waals surface area (Å²) in [6, 6.07) is 16.9. The maximum atomic E-state index is 3.67. The molecule has 0 saturated carbocycles. The van der Waals surface area contributed by atoms with Gasteiger partial charge in [0.05, 0.1) is 0 Å². The molecule has 0 spiro atoms. The van der Waals surface area contributed by atoms with Crippen LogP contribution < -0.4 is 4.90 Å². The molecular formula is C15H12BrN. The Bertz CT molecular complexity index is 601. The van der Waals surface area contributed by atoms with Crippen molar-refractivity contribution in [3.8, 4) is 0 Å². The van der Waals surface area contributed by atoms with Crippen LogP contribution in [0.4, 0.5) is 11.4 Å². The molecule has 2 aromatic rings. The molecule has 0 aliphatic carbocycles. The zero-order valence-electron chi connectivity index (χ0n) is 9.52. The molecule has 84 valence electrons. The predicted octanol–water partition coefficient (Wildman–Crippen LogP) is 4.66. The van der Waals surface area contributed by atoms with E-state index >= 15 is 0 Å². The van der Waals surface area contributed by atoms with Gasteiger partial charge in [0.1, 0.15) is 0 Å². The molecule has 0 bridgehead atoms. The van der Waals surface area contributed by atoms with Crippen molar-refractivity contribution in [1.82, 2.24) is 0 Å². The Morgan fingerprint density at radius 2 is 1.53 bits per heavy atom. The van der Waals surface area contributed by atoms with Crippen molar-refractivity contribution in [3.05, 3.63) is 59.7 Å². The molecule has 0 atom stereocenters. The summed E-state index contributed by atoms with van der Waals surface area (Å²) in [6.45, 7) is 0. The largest absolute Gasteiger partial charge is 0.344 e. The Hall–Kier alpha value is -1.54. The van der Waals surface area contributed by atoms with Gasteiger partial charge in [-0.3, -0.25) is 0 Å². The number of nitrogens with zero attached hydrogens (tertiary/aromatic N) is 1. The van der Waals surface area contributed by atoms with Gasteiger partial charge >= 0.3 is 0 Å². The van der Waals surface area contributed by atoms with E-state index in [0.717, 1.165) is 4.48 Å². The normalized spacial score (nSPS) is 13.5. The first-order valence-electron chi connectivity index (χ1n) is 5.57. The fourth-order valence-corrected chi connectivity index (χ4v) is 2.81. The van der Waals surface area contributed by atoms with Crippen LogP contribution in [-0.2, 0) is 0 Å². The molecule has 2 aromatic carbocycles. The summed E-state index contributed by atoms with van der Waals surface area (Å²) in [5, 5.41) is 0. The molecule has 1 heterocycles. The molecule has 17 heavy (non-hydrogen) atoms. The monoisotopic (exact) mass is 285 g/mol. The van der Waals surface area contributed by atoms with Crippen LogP contribution in [0, 0.1) is 0 Å². The molecule has 1 aliphatic rings. The average molecular weight is 286 g/mol. The predicted molar refractivity (Wildman–Crippen MR) is 77.7 cm³/mol. The summed E-state index contributed by atoms with van der Waals surface area (Å²) in [7, 11) is 2.11. The molecule has 2 heteroatoms. The lowest BCUT2D eigenvalue weighted by Gasteiger charge is -2.21. The molecule has 1 aliphatic heterocycles. The summed E-state index contributed by atoms with van der Waals surface area (Å²) in [6.07, 6.45) is 2.18. The van der Waals surface area contributed by atoms with Crippen LogP contribution in [0.25, 0.3) is 10.6 Å². The molecule has 0 aromatic heterocycles. The first-order chi connectivity index (χ1) is 8.27. The van der Waals surface area contributed by atoms with Crippen molar-refractivity contribution in [2.45, 2.75) is 0 Å². The summed E-state index contributed by atoms with van der Waals surface area (Å²) in [5.41, 5.74) is 4.92. The standard InChI is InChI=1S/C15H12BrN/c1-17-14-8-4-2-6-11(14)10-13(16)12-7-3-5-9-15(12)17/h2-10H,1H3. The highest BCUT2D eigenvalue weighted by Crippen LogP contribution is 2.40. The van der Waals surface area contributed by atoms with Crippen molar-refractivity contribution in [2.75, 3.05) is 11.9 Å². The van der Waals surface area contributed by atoms with Gasteiger partial charge in [0, 0.05) is 28.5 Å². The topological polar surface area (TPSA) is 3.24 Å². The van der Waals surface area contributed by atoms with E-state index in [9.17, 15) is 0 Å². The fraction of sp³-hybridized carbons (Fsp3) is 0.0667. The number of benzene rings is 2. The van der Waals surface area contributed by atoms with Crippen molar-refractivity contribution in [3.63, 3.8) is 0 Å². The summed E-state index contributed by atoms with van der Waals surface area (Å²) in [4.78, 5) is 2.23. The number of hydrogen-bond acceptors (Lipinski definition) is 1. The van der Waals surface area contributed by atoms with Crippen molar-refractivity contribution in [1.29, 1.82) is 0 Å². The molecule has 0 fully saturated rings. The number of para-hydroxylation sites is 2. The van der Waals surface area contributed by atoms with Gasteiger partial charge in [0.2, 0.25) is 0 Å². The van der Waals surface area contributed by atoms with Crippen LogP contribution in [-0.4, -0.2) is 7.05 Å².